The van der Waals surface area contributed by atoms with Crippen molar-refractivity contribution in [1.29, 1.82) is 0 Å². The lowest BCUT2D eigenvalue weighted by atomic mass is 10.1. The number of thiophene rings is 1. The summed E-state index contributed by atoms with van der Waals surface area (Å²) >= 11 is 1.87. The molecule has 108 valence electrons. The number of hydrogen-bond donors (Lipinski definition) is 1. The molecule has 4 heteroatoms. The molecule has 0 radical (unpaired) electrons. The third-order valence-corrected chi connectivity index (χ3v) is 5.20. The zero-order valence-corrected chi connectivity index (χ0v) is 13.1. The molecule has 2 atom stereocenters. The molecule has 0 spiro atoms. The third-order valence-electron chi connectivity index (χ3n) is 4.09. The van der Waals surface area contributed by atoms with Gasteiger partial charge in [-0.05, 0) is 44.7 Å². The van der Waals surface area contributed by atoms with E-state index in [9.17, 15) is 0 Å². The zero-order chi connectivity index (χ0) is 13.8. The van der Waals surface area contributed by atoms with E-state index in [2.05, 4.69) is 30.9 Å². The van der Waals surface area contributed by atoms with Crippen molar-refractivity contribution in [3.63, 3.8) is 0 Å². The highest BCUT2D eigenvalue weighted by Crippen LogP contribution is 2.38. The van der Waals surface area contributed by atoms with Gasteiger partial charge in [0.25, 0.3) is 0 Å². The highest BCUT2D eigenvalue weighted by Gasteiger charge is 2.35. The van der Waals surface area contributed by atoms with Gasteiger partial charge in [0.05, 0.1) is 12.6 Å². The Bertz CT molecular complexity index is 389. The average molecular weight is 282 g/mol. The fraction of sp³-hybridized carbons (Fsp3) is 0.733. The molecule has 1 aromatic heterocycles. The number of methoxy groups -OCH3 is 1. The second-order valence-electron chi connectivity index (χ2n) is 5.51. The molecule has 0 bridgehead atoms. The van der Waals surface area contributed by atoms with E-state index in [1.54, 1.807) is 7.11 Å². The lowest BCUT2D eigenvalue weighted by Gasteiger charge is -2.35. The number of hydrogen-bond acceptors (Lipinski definition) is 4. The Morgan fingerprint density at radius 1 is 1.47 bits per heavy atom. The van der Waals surface area contributed by atoms with E-state index >= 15 is 0 Å². The summed E-state index contributed by atoms with van der Waals surface area (Å²) in [4.78, 5) is 5.30. The average Bonchev–Trinajstić information content (AvgIpc) is 3.17. The molecule has 1 aliphatic carbocycles. The summed E-state index contributed by atoms with van der Waals surface area (Å²) in [5.41, 5.74) is 6.07. The maximum Gasteiger partial charge on any atom is 0.0590 e. The molecule has 2 rings (SSSR count). The Morgan fingerprint density at radius 3 is 2.68 bits per heavy atom. The van der Waals surface area contributed by atoms with E-state index in [-0.39, 0.29) is 0 Å². The topological polar surface area (TPSA) is 38.5 Å². The quantitative estimate of drug-likeness (QED) is 0.797. The van der Waals surface area contributed by atoms with Crippen LogP contribution in [0.1, 0.15) is 35.6 Å². The molecule has 0 saturated heterocycles. The van der Waals surface area contributed by atoms with Crippen molar-refractivity contribution in [2.45, 2.75) is 38.8 Å². The van der Waals surface area contributed by atoms with Crippen LogP contribution in [0, 0.1) is 12.8 Å². The fourth-order valence-electron chi connectivity index (χ4n) is 2.74. The van der Waals surface area contributed by atoms with Crippen molar-refractivity contribution in [3.05, 3.63) is 21.9 Å². The van der Waals surface area contributed by atoms with Crippen LogP contribution in [0.25, 0.3) is 0 Å². The predicted octanol–water partition coefficient (Wildman–Crippen LogP) is 2.80. The van der Waals surface area contributed by atoms with Gasteiger partial charge in [0.2, 0.25) is 0 Å². The van der Waals surface area contributed by atoms with Gasteiger partial charge in [0.1, 0.15) is 0 Å². The molecule has 2 N–H and O–H groups in total. The summed E-state index contributed by atoms with van der Waals surface area (Å²) in [5.74, 6) is 0.854. The van der Waals surface area contributed by atoms with Gasteiger partial charge in [-0.2, -0.15) is 0 Å². The van der Waals surface area contributed by atoms with E-state index < -0.39 is 0 Å². The van der Waals surface area contributed by atoms with E-state index in [4.69, 9.17) is 10.5 Å². The maximum atomic E-state index is 6.07. The van der Waals surface area contributed by atoms with Crippen LogP contribution in [-0.2, 0) is 4.74 Å². The molecule has 3 nitrogen and oxygen atoms in total. The monoisotopic (exact) mass is 282 g/mol. The highest BCUT2D eigenvalue weighted by molar-refractivity contribution is 7.12. The van der Waals surface area contributed by atoms with Crippen LogP contribution >= 0.6 is 11.3 Å². The van der Waals surface area contributed by atoms with Crippen molar-refractivity contribution >= 4 is 11.3 Å². The van der Waals surface area contributed by atoms with Crippen LogP contribution < -0.4 is 5.73 Å². The van der Waals surface area contributed by atoms with Crippen molar-refractivity contribution in [2.75, 3.05) is 26.8 Å². The first-order chi connectivity index (χ1) is 9.17. The molecule has 0 aromatic carbocycles. The number of ether oxygens (including phenoxy) is 1. The van der Waals surface area contributed by atoms with Crippen LogP contribution in [0.2, 0.25) is 0 Å². The first-order valence-corrected chi connectivity index (χ1v) is 8.00. The van der Waals surface area contributed by atoms with Gasteiger partial charge in [-0.15, -0.1) is 11.3 Å². The fourth-order valence-corrected chi connectivity index (χ4v) is 3.75. The Kier molecular flexibility index (Phi) is 5.39. The molecule has 19 heavy (non-hydrogen) atoms. The summed E-state index contributed by atoms with van der Waals surface area (Å²) in [6.45, 7) is 6.92. The Morgan fingerprint density at radius 2 is 2.21 bits per heavy atom. The van der Waals surface area contributed by atoms with Gasteiger partial charge >= 0.3 is 0 Å². The predicted molar refractivity (Wildman–Crippen MR) is 81.6 cm³/mol. The Hall–Kier alpha value is -0.420. The number of rotatable bonds is 8. The van der Waals surface area contributed by atoms with E-state index in [1.807, 2.05) is 11.3 Å². The zero-order valence-electron chi connectivity index (χ0n) is 12.3. The minimum Gasteiger partial charge on any atom is -0.383 e. The molecule has 2 unspecified atom stereocenters. The molecule has 1 heterocycles. The van der Waals surface area contributed by atoms with Gasteiger partial charge in [-0.25, -0.2) is 0 Å². The Labute approximate surface area is 120 Å². The van der Waals surface area contributed by atoms with Gasteiger partial charge in [-0.1, -0.05) is 0 Å². The summed E-state index contributed by atoms with van der Waals surface area (Å²) in [5, 5.41) is 0. The van der Waals surface area contributed by atoms with Gasteiger partial charge < -0.3 is 10.5 Å². The Balaban J connectivity index is 2.13. The molecule has 0 amide bonds. The molecule has 1 aliphatic rings. The second kappa shape index (κ2) is 6.84. The van der Waals surface area contributed by atoms with Gasteiger partial charge in [0, 0.05) is 36.0 Å². The van der Waals surface area contributed by atoms with Crippen molar-refractivity contribution in [2.24, 2.45) is 11.7 Å². The minimum atomic E-state index is 0.337. The van der Waals surface area contributed by atoms with Crippen molar-refractivity contribution in [1.82, 2.24) is 4.90 Å². The minimum absolute atomic E-state index is 0.337. The SMILES string of the molecule is COCCN(C(CN)c1ccc(C)s1)C(C)C1CC1. The smallest absolute Gasteiger partial charge is 0.0590 e. The van der Waals surface area contributed by atoms with Crippen LogP contribution in [0.4, 0.5) is 0 Å². The van der Waals surface area contributed by atoms with Crippen LogP contribution in [-0.4, -0.2) is 37.7 Å². The standard InChI is InChI=1S/C15H26N2OS/c1-11-4-7-15(19-11)14(10-16)17(8-9-18-3)12(2)13-5-6-13/h4,7,12-14H,5-6,8-10,16H2,1-3H3. The van der Waals surface area contributed by atoms with Crippen molar-refractivity contribution < 1.29 is 4.74 Å². The number of nitrogens with zero attached hydrogens (tertiary/aromatic N) is 1. The van der Waals surface area contributed by atoms with E-state index in [0.717, 1.165) is 19.1 Å². The first kappa shape index (κ1) is 15.0. The van der Waals surface area contributed by atoms with E-state index in [1.165, 1.54) is 22.6 Å². The molecule has 0 aliphatic heterocycles. The summed E-state index contributed by atoms with van der Waals surface area (Å²) < 4.78 is 5.28. The molecule has 1 aromatic rings. The number of nitrogens with two attached hydrogens (primary N) is 1. The highest BCUT2D eigenvalue weighted by atomic mass is 32.1. The normalized spacial score (nSPS) is 18.8. The van der Waals surface area contributed by atoms with Crippen LogP contribution in [0.5, 0.6) is 0 Å². The molecule has 1 saturated carbocycles. The molecule has 1 fully saturated rings. The van der Waals surface area contributed by atoms with Crippen LogP contribution in [0.3, 0.4) is 0 Å². The first-order valence-electron chi connectivity index (χ1n) is 7.18. The summed E-state index contributed by atoms with van der Waals surface area (Å²) in [6, 6.07) is 5.37. The molecular weight excluding hydrogens is 256 g/mol. The summed E-state index contributed by atoms with van der Waals surface area (Å²) in [6.07, 6.45) is 2.73. The maximum absolute atomic E-state index is 6.07. The molecular formula is C15H26N2OS. The van der Waals surface area contributed by atoms with Crippen molar-refractivity contribution in [3.8, 4) is 0 Å². The van der Waals surface area contributed by atoms with E-state index in [0.29, 0.717) is 18.6 Å². The van der Waals surface area contributed by atoms with Gasteiger partial charge in [0.15, 0.2) is 0 Å². The lowest BCUT2D eigenvalue weighted by molar-refractivity contribution is 0.0847. The second-order valence-corrected chi connectivity index (χ2v) is 6.83. The third kappa shape index (κ3) is 3.78. The lowest BCUT2D eigenvalue weighted by Crippen LogP contribution is -2.42. The number of aryl methyl sites for hydroxylation is 1. The van der Waals surface area contributed by atoms with Gasteiger partial charge in [-0.3, -0.25) is 4.90 Å². The largest absolute Gasteiger partial charge is 0.383 e. The van der Waals surface area contributed by atoms with Crippen LogP contribution in [0.15, 0.2) is 12.1 Å². The summed E-state index contributed by atoms with van der Waals surface area (Å²) in [7, 11) is 1.77.